The van der Waals surface area contributed by atoms with E-state index in [9.17, 15) is 15.0 Å². The van der Waals surface area contributed by atoms with Crippen molar-refractivity contribution in [3.8, 4) is 0 Å². The van der Waals surface area contributed by atoms with E-state index in [-0.39, 0.29) is 18.4 Å². The van der Waals surface area contributed by atoms with E-state index in [0.717, 1.165) is 18.6 Å². The predicted octanol–water partition coefficient (Wildman–Crippen LogP) is 2.11. The summed E-state index contributed by atoms with van der Waals surface area (Å²) < 4.78 is 1.55. The van der Waals surface area contributed by atoms with Crippen LogP contribution in [0.4, 0.5) is 5.82 Å². The lowest BCUT2D eigenvalue weighted by Crippen LogP contribution is -2.38. The average molecular weight is 498 g/mol. The number of nitrogens with one attached hydrogen (secondary N) is 2. The summed E-state index contributed by atoms with van der Waals surface area (Å²) in [7, 11) is 0. The van der Waals surface area contributed by atoms with Gasteiger partial charge in [-0.15, -0.1) is 5.10 Å². The van der Waals surface area contributed by atoms with E-state index < -0.39 is 24.2 Å². The number of thioether (sulfide) groups is 1. The molecule has 0 radical (unpaired) electrons. The van der Waals surface area contributed by atoms with Crippen LogP contribution in [0.3, 0.4) is 0 Å². The van der Waals surface area contributed by atoms with Gasteiger partial charge >= 0.3 is 0 Å². The molecule has 1 aromatic carbocycles. The molecule has 10 nitrogen and oxygen atoms in total. The van der Waals surface area contributed by atoms with Gasteiger partial charge in [0.2, 0.25) is 5.91 Å². The highest BCUT2D eigenvalue weighted by Crippen LogP contribution is 2.43. The number of amides is 1. The molecular weight excluding hydrogens is 466 g/mol. The Hall–Kier alpha value is -2.76. The van der Waals surface area contributed by atoms with Gasteiger partial charge in [-0.1, -0.05) is 54.2 Å². The van der Waals surface area contributed by atoms with E-state index in [0.29, 0.717) is 34.6 Å². The highest BCUT2D eigenvalue weighted by Gasteiger charge is 2.47. The van der Waals surface area contributed by atoms with Crippen LogP contribution in [0.1, 0.15) is 50.6 Å². The second kappa shape index (κ2) is 10.1. The molecule has 0 bridgehead atoms. The number of carbonyl (C=O) groups is 1. The second-order valence-electron chi connectivity index (χ2n) is 9.20. The normalized spacial score (nSPS) is 27.8. The number of aliphatic hydroxyl groups excluding tert-OH is 2. The van der Waals surface area contributed by atoms with Gasteiger partial charge in [0.1, 0.15) is 6.10 Å². The Bertz CT molecular complexity index is 1190. The highest BCUT2D eigenvalue weighted by molar-refractivity contribution is 7.99. The number of hydrogen-bond donors (Lipinski definition) is 4. The Morgan fingerprint density at radius 3 is 2.69 bits per heavy atom. The zero-order valence-electron chi connectivity index (χ0n) is 19.8. The minimum Gasteiger partial charge on any atom is -0.390 e. The van der Waals surface area contributed by atoms with Crippen LogP contribution in [0.25, 0.3) is 11.2 Å². The molecule has 0 spiro atoms. The smallest absolute Gasteiger partial charge is 0.225 e. The quantitative estimate of drug-likeness (QED) is 0.259. The maximum atomic E-state index is 12.4. The van der Waals surface area contributed by atoms with Crippen LogP contribution >= 0.6 is 11.8 Å². The molecule has 0 saturated heterocycles. The zero-order chi connectivity index (χ0) is 24.5. The van der Waals surface area contributed by atoms with Gasteiger partial charge in [-0.25, -0.2) is 14.6 Å². The number of anilines is 1. The summed E-state index contributed by atoms with van der Waals surface area (Å²) in [6.45, 7) is 4.38. The van der Waals surface area contributed by atoms with Crippen molar-refractivity contribution in [2.75, 3.05) is 17.6 Å². The first kappa shape index (κ1) is 24.0. The number of nitrogens with zero attached hydrogens (tertiary/aromatic N) is 5. The van der Waals surface area contributed by atoms with E-state index in [1.165, 1.54) is 5.56 Å². The number of hydrogen-bond acceptors (Lipinski definition) is 9. The number of aromatic nitrogens is 5. The maximum absolute atomic E-state index is 12.4. The third-order valence-electron chi connectivity index (χ3n) is 6.73. The summed E-state index contributed by atoms with van der Waals surface area (Å²) >= 11 is 1.56. The maximum Gasteiger partial charge on any atom is 0.225 e. The first-order valence-corrected chi connectivity index (χ1v) is 13.2. The second-order valence-corrected chi connectivity index (χ2v) is 10.3. The summed E-state index contributed by atoms with van der Waals surface area (Å²) in [5, 5.41) is 36.9. The van der Waals surface area contributed by atoms with Crippen LogP contribution in [-0.2, 0) is 4.79 Å². The fourth-order valence-corrected chi connectivity index (χ4v) is 5.50. The van der Waals surface area contributed by atoms with Crippen molar-refractivity contribution in [1.82, 2.24) is 30.3 Å². The molecule has 2 heterocycles. The lowest BCUT2D eigenvalue weighted by atomic mass is 10.0. The molecule has 0 aliphatic heterocycles. The lowest BCUT2D eigenvalue weighted by molar-refractivity contribution is -0.128. The van der Waals surface area contributed by atoms with Gasteiger partial charge in [0, 0.05) is 24.3 Å². The standard InChI is InChI=1S/C24H31N7O3S/c1-3-10-35-24-27-21(26-16-11-14(16)13-8-6-5-7-9-13)18-22(28-24)31(30-29-18)17-12-15(19(32)20(17)33)23(34)25-4-2/h5-9,14-17,19-20,32-33H,3-4,10-12H2,1-2H3,(H,25,34)(H,26,27,28)/t14?,15-,16?,17+,19+,20-/m0/s1. The Kier molecular flexibility index (Phi) is 6.90. The summed E-state index contributed by atoms with van der Waals surface area (Å²) in [4.78, 5) is 21.9. The topological polar surface area (TPSA) is 138 Å². The molecule has 2 saturated carbocycles. The van der Waals surface area contributed by atoms with E-state index in [1.54, 1.807) is 16.4 Å². The first-order chi connectivity index (χ1) is 17.0. The van der Waals surface area contributed by atoms with Crippen molar-refractivity contribution in [3.63, 3.8) is 0 Å². The Morgan fingerprint density at radius 1 is 1.14 bits per heavy atom. The van der Waals surface area contributed by atoms with E-state index in [4.69, 9.17) is 9.97 Å². The molecule has 35 heavy (non-hydrogen) atoms. The molecule has 2 fully saturated rings. The Balaban J connectivity index is 1.45. The molecule has 2 aliphatic rings. The fraction of sp³-hybridized carbons (Fsp3) is 0.542. The number of rotatable bonds is 9. The van der Waals surface area contributed by atoms with Gasteiger partial charge in [0.25, 0.3) is 0 Å². The Labute approximate surface area is 207 Å². The number of carbonyl (C=O) groups excluding carboxylic acids is 1. The predicted molar refractivity (Wildman–Crippen MR) is 133 cm³/mol. The lowest BCUT2D eigenvalue weighted by Gasteiger charge is -2.17. The summed E-state index contributed by atoms with van der Waals surface area (Å²) in [6, 6.07) is 10.0. The van der Waals surface area contributed by atoms with Crippen molar-refractivity contribution in [2.45, 2.75) is 68.5 Å². The van der Waals surface area contributed by atoms with Gasteiger partial charge in [0.15, 0.2) is 22.1 Å². The molecule has 2 aliphatic carbocycles. The van der Waals surface area contributed by atoms with Crippen molar-refractivity contribution < 1.29 is 15.0 Å². The molecule has 3 aromatic rings. The van der Waals surface area contributed by atoms with Crippen LogP contribution < -0.4 is 10.6 Å². The van der Waals surface area contributed by atoms with Crippen LogP contribution in [-0.4, -0.2) is 71.6 Å². The molecule has 2 unspecified atom stereocenters. The van der Waals surface area contributed by atoms with Crippen LogP contribution in [0, 0.1) is 5.92 Å². The SMILES string of the molecule is CCCSc1nc(NC2CC2c2ccccc2)c2nnn([C@@H]3C[C@H](C(=O)NCC)[C@@H](O)[C@H]3O)c2n1. The molecule has 186 valence electrons. The minimum atomic E-state index is -1.18. The summed E-state index contributed by atoms with van der Waals surface area (Å²) in [6.07, 6.45) is -0.112. The zero-order valence-corrected chi connectivity index (χ0v) is 20.6. The number of benzene rings is 1. The van der Waals surface area contributed by atoms with Crippen molar-refractivity contribution in [3.05, 3.63) is 35.9 Å². The largest absolute Gasteiger partial charge is 0.390 e. The third kappa shape index (κ3) is 4.72. The molecule has 4 N–H and O–H groups in total. The van der Waals surface area contributed by atoms with Crippen LogP contribution in [0.15, 0.2) is 35.5 Å². The van der Waals surface area contributed by atoms with E-state index >= 15 is 0 Å². The number of aliphatic hydroxyl groups is 2. The van der Waals surface area contributed by atoms with Crippen LogP contribution in [0.5, 0.6) is 0 Å². The van der Waals surface area contributed by atoms with E-state index in [1.807, 2.05) is 25.1 Å². The van der Waals surface area contributed by atoms with Gasteiger partial charge in [-0.05, 0) is 31.7 Å². The first-order valence-electron chi connectivity index (χ1n) is 12.2. The monoisotopic (exact) mass is 497 g/mol. The van der Waals surface area contributed by atoms with Gasteiger partial charge in [0.05, 0.1) is 18.1 Å². The minimum absolute atomic E-state index is 0.241. The molecule has 11 heteroatoms. The van der Waals surface area contributed by atoms with Crippen molar-refractivity contribution >= 4 is 34.7 Å². The summed E-state index contributed by atoms with van der Waals surface area (Å²) in [5.41, 5.74) is 2.30. The van der Waals surface area contributed by atoms with Gasteiger partial charge in [-0.2, -0.15) is 0 Å². The summed E-state index contributed by atoms with van der Waals surface area (Å²) in [5.74, 6) is 0.903. The number of fused-ring (bicyclic) bond motifs is 1. The average Bonchev–Trinajstić information content (AvgIpc) is 3.41. The molecule has 1 amide bonds. The molecule has 5 rings (SSSR count). The van der Waals surface area contributed by atoms with E-state index in [2.05, 4.69) is 40.0 Å². The molecule has 2 aromatic heterocycles. The van der Waals surface area contributed by atoms with Crippen LogP contribution in [0.2, 0.25) is 0 Å². The van der Waals surface area contributed by atoms with Gasteiger partial charge < -0.3 is 20.8 Å². The molecule has 6 atom stereocenters. The Morgan fingerprint density at radius 2 is 1.94 bits per heavy atom. The fourth-order valence-electron chi connectivity index (χ4n) is 4.81. The van der Waals surface area contributed by atoms with Gasteiger partial charge in [-0.3, -0.25) is 4.79 Å². The van der Waals surface area contributed by atoms with Crippen molar-refractivity contribution in [2.24, 2.45) is 5.92 Å². The van der Waals surface area contributed by atoms with Crippen molar-refractivity contribution in [1.29, 1.82) is 0 Å². The third-order valence-corrected chi connectivity index (χ3v) is 7.79. The molecular formula is C24H31N7O3S. The highest BCUT2D eigenvalue weighted by atomic mass is 32.2.